The highest BCUT2D eigenvalue weighted by atomic mass is 32.2. The van der Waals surface area contributed by atoms with Crippen molar-refractivity contribution in [1.82, 2.24) is 5.32 Å². The maximum absolute atomic E-state index is 13.1. The van der Waals surface area contributed by atoms with E-state index in [4.69, 9.17) is 24.2 Å². The summed E-state index contributed by atoms with van der Waals surface area (Å²) in [7, 11) is 0. The van der Waals surface area contributed by atoms with Crippen molar-refractivity contribution in [1.29, 1.82) is 0 Å². The van der Waals surface area contributed by atoms with Crippen LogP contribution >= 0.6 is 11.8 Å². The van der Waals surface area contributed by atoms with E-state index in [0.29, 0.717) is 37.0 Å². The van der Waals surface area contributed by atoms with Crippen LogP contribution in [0, 0.1) is 17.8 Å². The first-order chi connectivity index (χ1) is 26.2. The van der Waals surface area contributed by atoms with E-state index >= 15 is 0 Å². The summed E-state index contributed by atoms with van der Waals surface area (Å²) in [4.78, 5) is 19.3. The normalized spacial score (nSPS) is 27.0. The number of aliphatic hydroxyl groups excluding tert-OH is 2. The van der Waals surface area contributed by atoms with E-state index in [2.05, 4.69) is 18.0 Å². The molecule has 1 amide bonds. The second-order valence-corrected chi connectivity index (χ2v) is 17.7. The van der Waals surface area contributed by atoms with Crippen molar-refractivity contribution >= 4 is 23.6 Å². The van der Waals surface area contributed by atoms with Gasteiger partial charge < -0.3 is 34.6 Å². The van der Waals surface area contributed by atoms with Crippen LogP contribution in [0.15, 0.2) is 78.0 Å². The number of aliphatic hydroxyl groups is 2. The van der Waals surface area contributed by atoms with Crippen LogP contribution in [0.1, 0.15) is 108 Å². The third-order valence-corrected chi connectivity index (χ3v) is 12.9. The van der Waals surface area contributed by atoms with Gasteiger partial charge in [-0.1, -0.05) is 73.3 Å². The molecule has 6 rings (SSSR count). The average molecular weight is 761 g/mol. The number of allylic oxidation sites excluding steroid dienone is 1. The minimum absolute atomic E-state index is 0.0654. The number of thioether (sulfide) groups is 1. The SMILES string of the molecule is C=CCO[C@@]12Oc3ccc(OC(=O)NCc4ccccc4)cc3[C@H]3[C@H](CCCCO)[C@@H](CCCCO)C=C(C(=NOC(C)(C)C)C[C@@H]1SC1CCCC1)[C@H]32. The number of amides is 1. The molecule has 0 radical (unpaired) electrons. The number of fused-ring (bicyclic) bond motifs is 2. The molecule has 0 unspecified atom stereocenters. The van der Waals surface area contributed by atoms with E-state index in [-0.39, 0.29) is 42.1 Å². The van der Waals surface area contributed by atoms with E-state index in [9.17, 15) is 15.0 Å². The molecule has 3 N–H and O–H groups in total. The summed E-state index contributed by atoms with van der Waals surface area (Å²) in [6, 6.07) is 15.5. The van der Waals surface area contributed by atoms with Gasteiger partial charge in [-0.05, 0) is 100 Å². The van der Waals surface area contributed by atoms with Crippen LogP contribution in [0.2, 0.25) is 0 Å². The van der Waals surface area contributed by atoms with Crippen molar-refractivity contribution < 1.29 is 34.1 Å². The number of carbonyl (C=O) groups is 1. The number of rotatable bonds is 17. The zero-order valence-electron chi connectivity index (χ0n) is 32.3. The van der Waals surface area contributed by atoms with Crippen molar-refractivity contribution in [2.75, 3.05) is 19.8 Å². The van der Waals surface area contributed by atoms with Gasteiger partial charge in [0.05, 0.1) is 23.5 Å². The predicted molar refractivity (Wildman–Crippen MR) is 215 cm³/mol. The summed E-state index contributed by atoms with van der Waals surface area (Å²) in [6.07, 6.45) is 14.1. The fourth-order valence-electron chi connectivity index (χ4n) is 8.87. The van der Waals surface area contributed by atoms with Gasteiger partial charge in [0, 0.05) is 42.9 Å². The topological polar surface area (TPSA) is 119 Å². The third-order valence-electron chi connectivity index (χ3n) is 11.2. The third kappa shape index (κ3) is 9.55. The lowest BCUT2D eigenvalue weighted by atomic mass is 9.56. The van der Waals surface area contributed by atoms with Gasteiger partial charge >= 0.3 is 6.09 Å². The minimum Gasteiger partial charge on any atom is -0.460 e. The van der Waals surface area contributed by atoms with Crippen LogP contribution in [-0.2, 0) is 16.1 Å². The molecule has 2 aromatic rings. The second kappa shape index (κ2) is 18.5. The van der Waals surface area contributed by atoms with Gasteiger partial charge in [0.15, 0.2) is 0 Å². The van der Waals surface area contributed by atoms with Crippen LogP contribution in [-0.4, -0.2) is 63.7 Å². The summed E-state index contributed by atoms with van der Waals surface area (Å²) in [6.45, 7) is 11.1. The molecular weight excluding hydrogens is 701 g/mol. The summed E-state index contributed by atoms with van der Waals surface area (Å²) in [5.41, 5.74) is 3.54. The van der Waals surface area contributed by atoms with Crippen molar-refractivity contribution in [3.05, 3.63) is 84.0 Å². The molecule has 2 aromatic carbocycles. The Balaban J connectivity index is 1.47. The molecule has 294 valence electrons. The van der Waals surface area contributed by atoms with Crippen LogP contribution in [0.5, 0.6) is 11.5 Å². The molecule has 4 aliphatic rings. The number of oxime groups is 1. The highest BCUT2D eigenvalue weighted by molar-refractivity contribution is 8.00. The number of hydrogen-bond donors (Lipinski definition) is 3. The van der Waals surface area contributed by atoms with Gasteiger partial charge in [-0.25, -0.2) is 4.79 Å². The van der Waals surface area contributed by atoms with Crippen molar-refractivity contribution in [3.63, 3.8) is 0 Å². The molecule has 2 fully saturated rings. The van der Waals surface area contributed by atoms with Gasteiger partial charge in [0.25, 0.3) is 0 Å². The van der Waals surface area contributed by atoms with E-state index in [1.807, 2.05) is 81.1 Å². The molecule has 0 bridgehead atoms. The molecule has 1 aliphatic heterocycles. The Bertz CT molecular complexity index is 1620. The Morgan fingerprint density at radius 2 is 1.80 bits per heavy atom. The maximum Gasteiger partial charge on any atom is 0.412 e. The van der Waals surface area contributed by atoms with E-state index in [1.54, 1.807) is 6.08 Å². The zero-order chi connectivity index (χ0) is 38.1. The van der Waals surface area contributed by atoms with E-state index in [1.165, 1.54) is 25.7 Å². The Morgan fingerprint density at radius 3 is 2.50 bits per heavy atom. The van der Waals surface area contributed by atoms with Crippen LogP contribution < -0.4 is 14.8 Å². The number of benzene rings is 2. The first-order valence-electron chi connectivity index (χ1n) is 20.1. The number of ether oxygens (including phenoxy) is 3. The van der Waals surface area contributed by atoms with Crippen molar-refractivity contribution in [2.45, 2.75) is 126 Å². The van der Waals surface area contributed by atoms with Gasteiger partial charge in [0.2, 0.25) is 5.79 Å². The number of unbranched alkanes of at least 4 members (excludes halogenated alkanes) is 2. The lowest BCUT2D eigenvalue weighted by molar-refractivity contribution is -0.223. The highest BCUT2D eigenvalue weighted by Gasteiger charge is 2.64. The quantitative estimate of drug-likeness (QED) is 0.0831. The molecule has 54 heavy (non-hydrogen) atoms. The van der Waals surface area contributed by atoms with E-state index in [0.717, 1.165) is 60.3 Å². The molecule has 0 aromatic heterocycles. The molecule has 0 saturated heterocycles. The predicted octanol–water partition coefficient (Wildman–Crippen LogP) is 9.08. The number of nitrogens with one attached hydrogen (secondary N) is 1. The first kappa shape index (κ1) is 40.4. The molecule has 9 nitrogen and oxygen atoms in total. The van der Waals surface area contributed by atoms with Crippen molar-refractivity contribution in [2.24, 2.45) is 22.9 Å². The molecule has 1 heterocycles. The molecule has 2 saturated carbocycles. The Labute approximate surface area is 325 Å². The van der Waals surface area contributed by atoms with Gasteiger partial charge in [-0.15, -0.1) is 18.3 Å². The average Bonchev–Trinajstić information content (AvgIpc) is 3.68. The van der Waals surface area contributed by atoms with Crippen LogP contribution in [0.4, 0.5) is 4.79 Å². The monoisotopic (exact) mass is 760 g/mol. The van der Waals surface area contributed by atoms with Crippen LogP contribution in [0.25, 0.3) is 0 Å². The summed E-state index contributed by atoms with van der Waals surface area (Å²) in [5, 5.41) is 27.9. The Kier molecular flexibility index (Phi) is 13.9. The van der Waals surface area contributed by atoms with Gasteiger partial charge in [-0.3, -0.25) is 0 Å². The number of hydrogen-bond acceptors (Lipinski definition) is 9. The molecule has 0 spiro atoms. The standard InChI is InChI=1S/C44H60N2O7S/c1-5-25-50-44-39(54-33-18-9-10-19-33)28-37(46-53-43(2,3)4)35-26-31(17-11-13-23-47)34(20-12-14-24-48)40(41(35)44)36-27-32(21-22-38(36)52-44)51-42(49)45-29-30-15-7-6-8-16-30/h5-8,15-16,21-22,26-27,31,33-34,39-41,47-48H,1,9-14,17-20,23-25,28-29H2,2-4H3,(H,45,49)/t31-,34+,39-,40+,41+,44+/m0/s1. The molecule has 6 atom stereocenters. The summed E-state index contributed by atoms with van der Waals surface area (Å²) in [5.74, 6) is 0.222. The Hall–Kier alpha value is -3.31. The van der Waals surface area contributed by atoms with Crippen molar-refractivity contribution in [3.8, 4) is 11.5 Å². The first-order valence-corrected chi connectivity index (χ1v) is 21.0. The fourth-order valence-corrected chi connectivity index (χ4v) is 10.6. The van der Waals surface area contributed by atoms with Gasteiger partial charge in [-0.2, -0.15) is 0 Å². The molecular formula is C44H60N2O7S. The minimum atomic E-state index is -1.01. The highest BCUT2D eigenvalue weighted by Crippen LogP contribution is 2.63. The van der Waals surface area contributed by atoms with Crippen LogP contribution in [0.3, 0.4) is 0 Å². The number of nitrogens with zero attached hydrogens (tertiary/aromatic N) is 1. The lowest BCUT2D eigenvalue weighted by Gasteiger charge is -2.58. The van der Waals surface area contributed by atoms with E-state index < -0.39 is 17.5 Å². The zero-order valence-corrected chi connectivity index (χ0v) is 33.2. The summed E-state index contributed by atoms with van der Waals surface area (Å²) < 4.78 is 20.3. The smallest absolute Gasteiger partial charge is 0.412 e. The number of carbonyl (C=O) groups excluding carboxylic acids is 1. The molecule has 3 aliphatic carbocycles. The van der Waals surface area contributed by atoms with Gasteiger partial charge in [0.1, 0.15) is 17.1 Å². The fraction of sp³-hybridized carbons (Fsp3) is 0.591. The molecule has 10 heteroatoms. The Morgan fingerprint density at radius 1 is 1.06 bits per heavy atom. The lowest BCUT2D eigenvalue weighted by Crippen LogP contribution is -2.64. The maximum atomic E-state index is 13.1. The summed E-state index contributed by atoms with van der Waals surface area (Å²) >= 11 is 1.98. The second-order valence-electron chi connectivity index (χ2n) is 16.2. The largest absolute Gasteiger partial charge is 0.460 e.